The second-order valence-corrected chi connectivity index (χ2v) is 7.78. The monoisotopic (exact) mass is 428 g/mol. The highest BCUT2D eigenvalue weighted by Crippen LogP contribution is 2.30. The van der Waals surface area contributed by atoms with Gasteiger partial charge in [-0.15, -0.1) is 0 Å². The number of ether oxygens (including phenoxy) is 3. The van der Waals surface area contributed by atoms with Crippen molar-refractivity contribution in [2.75, 3.05) is 7.11 Å². The van der Waals surface area contributed by atoms with Gasteiger partial charge in [-0.3, -0.25) is 9.11 Å². The zero-order chi connectivity index (χ0) is 20.2. The average molecular weight is 428 g/mol. The molecule has 1 aromatic rings. The highest BCUT2D eigenvalue weighted by Gasteiger charge is 2.50. The molecular weight excluding hydrogens is 408 g/mol. The molecule has 0 spiro atoms. The normalized spacial score (nSPS) is 29.6. The van der Waals surface area contributed by atoms with Crippen molar-refractivity contribution in [2.24, 2.45) is 0 Å². The maximum Gasteiger partial charge on any atom is 0.397 e. The molecule has 0 amide bonds. The van der Waals surface area contributed by atoms with Crippen molar-refractivity contribution in [2.45, 2.75) is 44.2 Å². The largest absolute Gasteiger partial charge is 0.397 e. The van der Waals surface area contributed by atoms with Crippen LogP contribution in [0.25, 0.3) is 0 Å². The van der Waals surface area contributed by atoms with E-state index in [4.69, 9.17) is 23.3 Å². The summed E-state index contributed by atoms with van der Waals surface area (Å²) in [6, 6.07) is 8.81. The second-order valence-electron chi connectivity index (χ2n) is 5.68. The van der Waals surface area contributed by atoms with Crippen molar-refractivity contribution in [3.05, 3.63) is 35.9 Å². The summed E-state index contributed by atoms with van der Waals surface area (Å²) >= 11 is 0. The van der Waals surface area contributed by atoms with Gasteiger partial charge in [0.2, 0.25) is 0 Å². The lowest BCUT2D eigenvalue weighted by Crippen LogP contribution is -2.60. The number of hydrogen-bond donors (Lipinski definition) is 2. The molecule has 11 nitrogen and oxygen atoms in total. The molecule has 0 unspecified atom stereocenters. The quantitative estimate of drug-likeness (QED) is 0.551. The van der Waals surface area contributed by atoms with Crippen molar-refractivity contribution in [1.29, 1.82) is 0 Å². The summed E-state index contributed by atoms with van der Waals surface area (Å²) in [4.78, 5) is 0. The van der Waals surface area contributed by atoms with Gasteiger partial charge in [-0.2, -0.15) is 16.8 Å². The summed E-state index contributed by atoms with van der Waals surface area (Å²) in [6.45, 7) is 1.51. The zero-order valence-corrected chi connectivity index (χ0v) is 16.0. The van der Waals surface area contributed by atoms with Crippen LogP contribution in [0.4, 0.5) is 0 Å². The lowest BCUT2D eigenvalue weighted by molar-refractivity contribution is -0.284. The summed E-state index contributed by atoms with van der Waals surface area (Å²) in [6.07, 6.45) is -6.93. The van der Waals surface area contributed by atoms with Crippen molar-refractivity contribution >= 4 is 20.8 Å². The highest BCUT2D eigenvalue weighted by molar-refractivity contribution is 7.81. The van der Waals surface area contributed by atoms with Gasteiger partial charge in [0.25, 0.3) is 0 Å². The lowest BCUT2D eigenvalue weighted by atomic mass is 9.99. The van der Waals surface area contributed by atoms with Crippen LogP contribution in [0.3, 0.4) is 0 Å². The Morgan fingerprint density at radius 1 is 0.963 bits per heavy atom. The third-order valence-electron chi connectivity index (χ3n) is 3.71. The molecule has 154 valence electrons. The molecule has 0 aromatic heterocycles. The van der Waals surface area contributed by atoms with E-state index in [-0.39, 0.29) is 6.61 Å². The first-order valence-electron chi connectivity index (χ1n) is 7.65. The number of methoxy groups -OCH3 is 1. The van der Waals surface area contributed by atoms with E-state index in [0.29, 0.717) is 0 Å². The molecule has 27 heavy (non-hydrogen) atoms. The fraction of sp³-hybridized carbons (Fsp3) is 0.571. The van der Waals surface area contributed by atoms with E-state index in [1.54, 1.807) is 30.3 Å². The smallest absolute Gasteiger partial charge is 0.368 e. The van der Waals surface area contributed by atoms with E-state index in [1.807, 2.05) is 0 Å². The first kappa shape index (κ1) is 22.1. The van der Waals surface area contributed by atoms with E-state index >= 15 is 0 Å². The molecule has 1 aliphatic rings. The first-order valence-corrected chi connectivity index (χ1v) is 10.4. The Morgan fingerprint density at radius 2 is 1.52 bits per heavy atom. The minimum atomic E-state index is -5.04. The summed E-state index contributed by atoms with van der Waals surface area (Å²) in [5.41, 5.74) is 0.733. The summed E-state index contributed by atoms with van der Waals surface area (Å²) < 4.78 is 88.0. The van der Waals surface area contributed by atoms with E-state index < -0.39 is 51.5 Å². The van der Waals surface area contributed by atoms with E-state index in [2.05, 4.69) is 8.37 Å². The predicted molar refractivity (Wildman–Crippen MR) is 89.2 cm³/mol. The molecule has 0 aliphatic carbocycles. The molecular formula is C14H20O11S2. The van der Waals surface area contributed by atoms with Crippen LogP contribution >= 0.6 is 0 Å². The summed E-state index contributed by atoms with van der Waals surface area (Å²) in [7, 11) is -8.92. The van der Waals surface area contributed by atoms with Crippen LogP contribution in [-0.4, -0.2) is 63.8 Å². The van der Waals surface area contributed by atoms with Gasteiger partial charge in [0.1, 0.15) is 12.2 Å². The Balaban J connectivity index is 2.31. The number of hydrogen-bond acceptors (Lipinski definition) is 9. The molecule has 1 heterocycles. The minimum Gasteiger partial charge on any atom is -0.368 e. The van der Waals surface area contributed by atoms with Crippen LogP contribution in [0.2, 0.25) is 0 Å². The van der Waals surface area contributed by atoms with Crippen LogP contribution in [0.5, 0.6) is 0 Å². The topological polar surface area (TPSA) is 155 Å². The van der Waals surface area contributed by atoms with Crippen molar-refractivity contribution in [3.63, 3.8) is 0 Å². The van der Waals surface area contributed by atoms with Crippen LogP contribution in [0.1, 0.15) is 12.5 Å². The molecule has 1 aliphatic heterocycles. The van der Waals surface area contributed by atoms with Crippen molar-refractivity contribution < 1.29 is 48.5 Å². The third kappa shape index (κ3) is 6.74. The van der Waals surface area contributed by atoms with Gasteiger partial charge in [-0.25, -0.2) is 8.37 Å². The maximum atomic E-state index is 11.3. The van der Waals surface area contributed by atoms with Gasteiger partial charge in [-0.1, -0.05) is 30.3 Å². The molecule has 1 aromatic carbocycles. The van der Waals surface area contributed by atoms with E-state index in [1.165, 1.54) is 6.92 Å². The molecule has 0 saturated carbocycles. The molecule has 0 radical (unpaired) electrons. The van der Waals surface area contributed by atoms with Gasteiger partial charge in [-0.05, 0) is 12.5 Å². The molecule has 5 atom stereocenters. The third-order valence-corrected chi connectivity index (χ3v) is 4.64. The molecule has 2 rings (SSSR count). The van der Waals surface area contributed by atoms with Crippen LogP contribution in [0, 0.1) is 0 Å². The Hall–Kier alpha value is -1.16. The number of rotatable bonds is 8. The molecule has 1 saturated heterocycles. The lowest BCUT2D eigenvalue weighted by Gasteiger charge is -2.42. The average Bonchev–Trinajstić information content (AvgIpc) is 2.55. The number of benzene rings is 1. The molecule has 2 N–H and O–H groups in total. The van der Waals surface area contributed by atoms with Gasteiger partial charge in [0, 0.05) is 7.11 Å². The van der Waals surface area contributed by atoms with Gasteiger partial charge < -0.3 is 14.2 Å². The predicted octanol–water partition coefficient (Wildman–Crippen LogP) is 0.339. The Morgan fingerprint density at radius 3 is 2.04 bits per heavy atom. The Labute approximate surface area is 157 Å². The Bertz CT molecular complexity index is 809. The molecule has 1 fully saturated rings. The van der Waals surface area contributed by atoms with Gasteiger partial charge in [0.05, 0.1) is 12.7 Å². The van der Waals surface area contributed by atoms with Crippen LogP contribution in [0.15, 0.2) is 30.3 Å². The zero-order valence-electron chi connectivity index (χ0n) is 14.4. The highest BCUT2D eigenvalue weighted by atomic mass is 32.3. The minimum absolute atomic E-state index is 0.000780. The molecule has 13 heteroatoms. The molecule has 0 bridgehead atoms. The maximum absolute atomic E-state index is 11.3. The van der Waals surface area contributed by atoms with Crippen molar-refractivity contribution in [3.8, 4) is 0 Å². The summed E-state index contributed by atoms with van der Waals surface area (Å²) in [5, 5.41) is 0. The van der Waals surface area contributed by atoms with Gasteiger partial charge >= 0.3 is 20.8 Å². The first-order chi connectivity index (χ1) is 12.5. The van der Waals surface area contributed by atoms with Crippen molar-refractivity contribution in [1.82, 2.24) is 0 Å². The second kappa shape index (κ2) is 8.89. The van der Waals surface area contributed by atoms with Crippen LogP contribution in [-0.2, 0) is 50.0 Å². The van der Waals surface area contributed by atoms with E-state index in [0.717, 1.165) is 12.7 Å². The SMILES string of the molecule is CO[C@@H]1O[C@@H](C)[C@H](OCc2ccccc2)[C@@H](OS(=O)(=O)O)[C@H]1OS(=O)(=O)O. The van der Waals surface area contributed by atoms with E-state index in [9.17, 15) is 16.8 Å². The summed E-state index contributed by atoms with van der Waals surface area (Å²) in [5.74, 6) is 0. The Kier molecular flexibility index (Phi) is 7.29. The standard InChI is InChI=1S/C14H20O11S2/c1-9-11(22-8-10-6-4-3-5-7-10)12(24-26(15,16)17)13(14(21-2)23-9)25-27(18,19)20/h3-7,9,11-14H,8H2,1-2H3,(H,15,16,17)(H,18,19,20)/t9-,11-,12+,13+,14+/m0/s1. The fourth-order valence-corrected chi connectivity index (χ4v) is 3.63. The fourth-order valence-electron chi connectivity index (χ4n) is 2.65. The van der Waals surface area contributed by atoms with Gasteiger partial charge in [0.15, 0.2) is 12.4 Å². The van der Waals surface area contributed by atoms with Crippen LogP contribution < -0.4 is 0 Å².